The summed E-state index contributed by atoms with van der Waals surface area (Å²) in [6, 6.07) is 14.1. The average molecular weight is 442 g/mol. The molecule has 1 fully saturated rings. The molecule has 2 amide bonds. The predicted octanol–water partition coefficient (Wildman–Crippen LogP) is 2.40. The van der Waals surface area contributed by atoms with Crippen molar-refractivity contribution >= 4 is 40.2 Å². The third-order valence-corrected chi connectivity index (χ3v) is 5.39. The molecule has 1 aliphatic carbocycles. The molecule has 5 rings (SSSR count). The summed E-state index contributed by atoms with van der Waals surface area (Å²) in [5, 5.41) is 11.5. The van der Waals surface area contributed by atoms with Crippen LogP contribution in [-0.2, 0) is 11.3 Å². The van der Waals surface area contributed by atoms with Crippen molar-refractivity contribution in [3.8, 4) is 11.1 Å². The van der Waals surface area contributed by atoms with Crippen molar-refractivity contribution in [2.45, 2.75) is 25.4 Å². The lowest BCUT2D eigenvalue weighted by molar-refractivity contribution is -0.118. The van der Waals surface area contributed by atoms with Gasteiger partial charge in [-0.2, -0.15) is 10.1 Å². The maximum atomic E-state index is 11.7. The molecule has 0 spiro atoms. The molecule has 0 aliphatic heterocycles. The lowest BCUT2D eigenvalue weighted by Gasteiger charge is -2.11. The number of nitrogens with zero attached hydrogens (tertiary/aromatic N) is 4. The molecule has 2 aromatic carbocycles. The van der Waals surface area contributed by atoms with Crippen molar-refractivity contribution in [2.75, 3.05) is 10.6 Å². The highest BCUT2D eigenvalue weighted by Gasteiger charge is 2.24. The molecule has 0 bridgehead atoms. The molecular formula is C23H22N8O2. The first-order valence-electron chi connectivity index (χ1n) is 10.5. The van der Waals surface area contributed by atoms with E-state index in [1.54, 1.807) is 10.9 Å². The number of nitrogens with two attached hydrogens (primary N) is 2. The summed E-state index contributed by atoms with van der Waals surface area (Å²) in [5.74, 6) is -0.175. The standard InChI is InChI=1S/C23H22N8O2/c24-20(32)12-31-19-8-3-14(9-15(19)10-27-31)13-1-4-17(5-2-13)29-23-26-11-18(21(25)33)22(30-23)28-16-6-7-16/h1-5,8-11,16H,6-7,12H2,(H2,24,32)(H2,25,33)(H2,26,28,29,30). The Balaban J connectivity index is 1.34. The number of carbonyl (C=O) groups is 2. The quantitative estimate of drug-likeness (QED) is 0.327. The van der Waals surface area contributed by atoms with Crippen LogP contribution >= 0.6 is 0 Å². The van der Waals surface area contributed by atoms with E-state index in [2.05, 4.69) is 25.7 Å². The van der Waals surface area contributed by atoms with Crippen LogP contribution in [0.2, 0.25) is 0 Å². The van der Waals surface area contributed by atoms with Gasteiger partial charge in [0.05, 0.1) is 17.3 Å². The SMILES string of the molecule is NC(=O)Cn1ncc2cc(-c3ccc(Nc4ncc(C(N)=O)c(NC5CC5)n4)cc3)ccc21. The molecule has 2 heterocycles. The van der Waals surface area contributed by atoms with Gasteiger partial charge in [-0.1, -0.05) is 18.2 Å². The summed E-state index contributed by atoms with van der Waals surface area (Å²) in [7, 11) is 0. The number of hydrogen-bond donors (Lipinski definition) is 4. The second-order valence-corrected chi connectivity index (χ2v) is 7.98. The molecule has 1 aliphatic rings. The van der Waals surface area contributed by atoms with E-state index in [0.717, 1.165) is 40.6 Å². The van der Waals surface area contributed by atoms with Gasteiger partial charge in [-0.3, -0.25) is 14.3 Å². The number of benzene rings is 2. The minimum Gasteiger partial charge on any atom is -0.368 e. The van der Waals surface area contributed by atoms with E-state index in [-0.39, 0.29) is 12.1 Å². The normalized spacial score (nSPS) is 13.1. The van der Waals surface area contributed by atoms with Crippen LogP contribution in [0, 0.1) is 0 Å². The Labute approximate surface area is 189 Å². The van der Waals surface area contributed by atoms with E-state index in [9.17, 15) is 9.59 Å². The average Bonchev–Trinajstić information content (AvgIpc) is 3.52. The third kappa shape index (κ3) is 4.45. The van der Waals surface area contributed by atoms with Gasteiger partial charge in [0.2, 0.25) is 11.9 Å². The number of fused-ring (bicyclic) bond motifs is 1. The molecule has 0 atom stereocenters. The second kappa shape index (κ2) is 8.23. The van der Waals surface area contributed by atoms with Crippen LogP contribution in [0.4, 0.5) is 17.5 Å². The summed E-state index contributed by atoms with van der Waals surface area (Å²) in [5.41, 5.74) is 14.7. The number of carbonyl (C=O) groups excluding carboxylic acids is 2. The molecular weight excluding hydrogens is 420 g/mol. The maximum Gasteiger partial charge on any atom is 0.254 e. The first kappa shape index (κ1) is 20.4. The molecule has 0 saturated heterocycles. The van der Waals surface area contributed by atoms with Gasteiger partial charge in [-0.25, -0.2) is 4.98 Å². The number of aromatic nitrogens is 4. The van der Waals surface area contributed by atoms with Gasteiger partial charge >= 0.3 is 0 Å². The maximum absolute atomic E-state index is 11.7. The summed E-state index contributed by atoms with van der Waals surface area (Å²) in [4.78, 5) is 31.5. The number of amides is 2. The van der Waals surface area contributed by atoms with Crippen molar-refractivity contribution in [3.63, 3.8) is 0 Å². The van der Waals surface area contributed by atoms with E-state index in [4.69, 9.17) is 11.5 Å². The largest absolute Gasteiger partial charge is 0.368 e. The summed E-state index contributed by atoms with van der Waals surface area (Å²) < 4.78 is 1.59. The number of anilines is 3. The van der Waals surface area contributed by atoms with Crippen LogP contribution < -0.4 is 22.1 Å². The predicted molar refractivity (Wildman–Crippen MR) is 125 cm³/mol. The van der Waals surface area contributed by atoms with Crippen LogP contribution in [0.25, 0.3) is 22.0 Å². The van der Waals surface area contributed by atoms with Crippen LogP contribution in [0.5, 0.6) is 0 Å². The highest BCUT2D eigenvalue weighted by Crippen LogP contribution is 2.28. The number of rotatable bonds is 8. The first-order valence-corrected chi connectivity index (χ1v) is 10.5. The molecule has 10 heteroatoms. The van der Waals surface area contributed by atoms with Crippen molar-refractivity contribution in [2.24, 2.45) is 11.5 Å². The first-order chi connectivity index (χ1) is 16.0. The van der Waals surface area contributed by atoms with Gasteiger partial charge in [0.15, 0.2) is 0 Å². The second-order valence-electron chi connectivity index (χ2n) is 7.98. The van der Waals surface area contributed by atoms with Crippen LogP contribution in [-0.4, -0.2) is 37.6 Å². The van der Waals surface area contributed by atoms with Gasteiger partial charge in [-0.05, 0) is 48.2 Å². The van der Waals surface area contributed by atoms with E-state index in [0.29, 0.717) is 17.8 Å². The monoisotopic (exact) mass is 442 g/mol. The number of primary amides is 2. The van der Waals surface area contributed by atoms with Gasteiger partial charge < -0.3 is 22.1 Å². The van der Waals surface area contributed by atoms with E-state index < -0.39 is 11.8 Å². The zero-order chi connectivity index (χ0) is 22.9. The van der Waals surface area contributed by atoms with Crippen LogP contribution in [0.1, 0.15) is 23.2 Å². The fraction of sp³-hybridized carbons (Fsp3) is 0.174. The minimum atomic E-state index is -0.564. The molecule has 10 nitrogen and oxygen atoms in total. The fourth-order valence-electron chi connectivity index (χ4n) is 3.57. The van der Waals surface area contributed by atoms with Crippen molar-refractivity contribution < 1.29 is 9.59 Å². The Morgan fingerprint density at radius 3 is 2.48 bits per heavy atom. The Morgan fingerprint density at radius 2 is 1.79 bits per heavy atom. The molecule has 0 unspecified atom stereocenters. The molecule has 166 valence electrons. The van der Waals surface area contributed by atoms with Crippen molar-refractivity contribution in [3.05, 3.63) is 60.4 Å². The van der Waals surface area contributed by atoms with Crippen molar-refractivity contribution in [1.82, 2.24) is 19.7 Å². The van der Waals surface area contributed by atoms with Crippen molar-refractivity contribution in [1.29, 1.82) is 0 Å². The van der Waals surface area contributed by atoms with Crippen LogP contribution in [0.3, 0.4) is 0 Å². The third-order valence-electron chi connectivity index (χ3n) is 5.39. The summed E-state index contributed by atoms with van der Waals surface area (Å²) in [6.45, 7) is 0.0452. The van der Waals surface area contributed by atoms with Gasteiger partial charge in [0, 0.05) is 23.3 Å². The zero-order valence-corrected chi connectivity index (χ0v) is 17.7. The lowest BCUT2D eigenvalue weighted by atomic mass is 10.0. The van der Waals surface area contributed by atoms with Gasteiger partial charge in [0.25, 0.3) is 5.91 Å². The van der Waals surface area contributed by atoms with Gasteiger partial charge in [0.1, 0.15) is 12.4 Å². The Bertz CT molecular complexity index is 1360. The fourth-order valence-corrected chi connectivity index (χ4v) is 3.57. The van der Waals surface area contributed by atoms with Gasteiger partial charge in [-0.15, -0.1) is 0 Å². The Hall–Kier alpha value is -4.47. The molecule has 4 aromatic rings. The molecule has 6 N–H and O–H groups in total. The highest BCUT2D eigenvalue weighted by molar-refractivity contribution is 5.97. The molecule has 33 heavy (non-hydrogen) atoms. The minimum absolute atomic E-state index is 0.0452. The van der Waals surface area contributed by atoms with E-state index >= 15 is 0 Å². The molecule has 2 aromatic heterocycles. The topological polar surface area (TPSA) is 154 Å². The number of nitrogens with one attached hydrogen (secondary N) is 2. The lowest BCUT2D eigenvalue weighted by Crippen LogP contribution is -2.19. The van der Waals surface area contributed by atoms with E-state index in [1.807, 2.05) is 42.5 Å². The smallest absolute Gasteiger partial charge is 0.254 e. The number of hydrogen-bond acceptors (Lipinski definition) is 7. The Morgan fingerprint density at radius 1 is 1.03 bits per heavy atom. The van der Waals surface area contributed by atoms with E-state index in [1.165, 1.54) is 6.20 Å². The van der Waals surface area contributed by atoms with Crippen LogP contribution in [0.15, 0.2) is 54.9 Å². The Kier molecular flexibility index (Phi) is 5.09. The summed E-state index contributed by atoms with van der Waals surface area (Å²) in [6.07, 6.45) is 5.25. The summed E-state index contributed by atoms with van der Waals surface area (Å²) >= 11 is 0. The highest BCUT2D eigenvalue weighted by atomic mass is 16.1. The molecule has 0 radical (unpaired) electrons. The zero-order valence-electron chi connectivity index (χ0n) is 17.7. The molecule has 1 saturated carbocycles.